The van der Waals surface area contributed by atoms with Crippen LogP contribution in [0.25, 0.3) is 0 Å². The fourth-order valence-corrected chi connectivity index (χ4v) is 6.48. The summed E-state index contributed by atoms with van der Waals surface area (Å²) in [5.41, 5.74) is -2.06. The van der Waals surface area contributed by atoms with Crippen LogP contribution in [0.5, 0.6) is 0 Å². The minimum atomic E-state index is -0.796. The van der Waals surface area contributed by atoms with Gasteiger partial charge in [0.2, 0.25) is 11.9 Å². The molecule has 2 saturated heterocycles. The Morgan fingerprint density at radius 3 is 1.94 bits per heavy atom. The molecule has 3 aliphatic rings. The minimum absolute atomic E-state index is 0.0164. The molecule has 0 aromatic rings. The van der Waals surface area contributed by atoms with Crippen LogP contribution in [0.4, 0.5) is 9.59 Å². The number of guanidine groups is 1. The highest BCUT2D eigenvalue weighted by atomic mass is 16.6. The van der Waals surface area contributed by atoms with Gasteiger partial charge in [-0.25, -0.2) is 9.59 Å². The normalized spacial score (nSPS) is 20.9. The van der Waals surface area contributed by atoms with Crippen LogP contribution in [0.2, 0.25) is 0 Å². The second kappa shape index (κ2) is 17.8. The molecule has 0 aromatic carbocycles. The molecule has 0 aromatic heterocycles. The lowest BCUT2D eigenvalue weighted by molar-refractivity contribution is -0.158. The topological polar surface area (TPSA) is 148 Å². The number of carbonyl (C=O) groups excluding carboxylic acids is 4. The average Bonchev–Trinajstić information content (AvgIpc) is 3.47. The number of likely N-dealkylation sites (tertiary alicyclic amines) is 2. The molecule has 2 heterocycles. The first-order valence-corrected chi connectivity index (χ1v) is 18.2. The van der Waals surface area contributed by atoms with E-state index in [1.165, 1.54) is 0 Å². The van der Waals surface area contributed by atoms with Crippen molar-refractivity contribution < 1.29 is 38.1 Å². The van der Waals surface area contributed by atoms with Gasteiger partial charge in [0, 0.05) is 38.3 Å². The van der Waals surface area contributed by atoms with Gasteiger partial charge in [0.1, 0.15) is 16.8 Å². The molecule has 2 atom stereocenters. The Morgan fingerprint density at radius 2 is 1.35 bits per heavy atom. The lowest BCUT2D eigenvalue weighted by atomic mass is 9.97. The fraction of sp³-hybridized carbons (Fsp3) is 0.861. The van der Waals surface area contributed by atoms with E-state index < -0.39 is 35.0 Å². The molecule has 3 amide bonds. The van der Waals surface area contributed by atoms with Crippen LogP contribution in [-0.2, 0) is 28.5 Å². The van der Waals surface area contributed by atoms with Crippen molar-refractivity contribution in [2.75, 3.05) is 26.2 Å². The van der Waals surface area contributed by atoms with Gasteiger partial charge >= 0.3 is 18.2 Å². The van der Waals surface area contributed by atoms with Gasteiger partial charge in [0.05, 0.1) is 18.6 Å². The van der Waals surface area contributed by atoms with E-state index in [-0.39, 0.29) is 42.4 Å². The number of piperidine rings is 2. The van der Waals surface area contributed by atoms with Crippen molar-refractivity contribution in [3.05, 3.63) is 0 Å². The summed E-state index contributed by atoms with van der Waals surface area (Å²) >= 11 is 0. The maximum absolute atomic E-state index is 14.0. The van der Waals surface area contributed by atoms with Crippen molar-refractivity contribution >= 4 is 30.0 Å². The van der Waals surface area contributed by atoms with Crippen LogP contribution >= 0.6 is 0 Å². The van der Waals surface area contributed by atoms with Gasteiger partial charge in [0.15, 0.2) is 0 Å². The number of hydrogen-bond donors (Lipinski definition) is 2. The molecule has 0 spiro atoms. The van der Waals surface area contributed by atoms with E-state index in [1.807, 2.05) is 30.6 Å². The lowest BCUT2D eigenvalue weighted by Crippen LogP contribution is -2.55. The van der Waals surface area contributed by atoms with E-state index in [0.717, 1.165) is 44.9 Å². The van der Waals surface area contributed by atoms with Gasteiger partial charge in [-0.15, -0.1) is 4.99 Å². The van der Waals surface area contributed by atoms with E-state index in [2.05, 4.69) is 15.6 Å². The summed E-state index contributed by atoms with van der Waals surface area (Å²) in [4.78, 5) is 59.8. The third-order valence-electron chi connectivity index (χ3n) is 8.54. The zero-order valence-electron chi connectivity index (χ0n) is 31.5. The summed E-state index contributed by atoms with van der Waals surface area (Å²) in [6.07, 6.45) is 7.72. The summed E-state index contributed by atoms with van der Waals surface area (Å²) in [6.45, 7) is 18.3. The van der Waals surface area contributed by atoms with Crippen molar-refractivity contribution in [1.82, 2.24) is 20.4 Å². The van der Waals surface area contributed by atoms with Gasteiger partial charge in [-0.1, -0.05) is 12.8 Å². The molecule has 3 rings (SSSR count). The Bertz CT molecular complexity index is 1140. The molecule has 13 nitrogen and oxygen atoms in total. The molecule has 13 heteroatoms. The van der Waals surface area contributed by atoms with E-state index >= 15 is 0 Å². The highest BCUT2D eigenvalue weighted by molar-refractivity contribution is 5.99. The number of aliphatic imine (C=N–C) groups is 1. The molecule has 1 aliphatic carbocycles. The van der Waals surface area contributed by atoms with Crippen LogP contribution in [-0.4, -0.2) is 107 Å². The molecule has 2 N–H and O–H groups in total. The molecule has 0 radical (unpaired) electrons. The largest absolute Gasteiger partial charge is 0.460 e. The van der Waals surface area contributed by atoms with E-state index in [4.69, 9.17) is 18.9 Å². The fourth-order valence-electron chi connectivity index (χ4n) is 6.48. The van der Waals surface area contributed by atoms with Crippen LogP contribution in [0.15, 0.2) is 4.99 Å². The second-order valence-corrected chi connectivity index (χ2v) is 16.6. The number of carbonyl (C=O) groups is 4. The van der Waals surface area contributed by atoms with Crippen molar-refractivity contribution in [3.8, 4) is 0 Å². The van der Waals surface area contributed by atoms with Gasteiger partial charge in [-0.3, -0.25) is 14.9 Å². The predicted octanol–water partition coefficient (Wildman–Crippen LogP) is 5.69. The van der Waals surface area contributed by atoms with Crippen molar-refractivity contribution in [2.45, 2.75) is 174 Å². The number of hydrogen-bond acceptors (Lipinski definition) is 9. The Balaban J connectivity index is 1.57. The van der Waals surface area contributed by atoms with Crippen molar-refractivity contribution in [2.24, 2.45) is 4.99 Å². The molecule has 0 bridgehead atoms. The summed E-state index contributed by atoms with van der Waals surface area (Å²) in [5, 5.41) is 6.15. The monoisotopic (exact) mass is 693 g/mol. The molecule has 280 valence electrons. The number of alkyl carbamates (subject to hydrolysis) is 1. The van der Waals surface area contributed by atoms with E-state index in [0.29, 0.717) is 45.5 Å². The number of nitrogens with one attached hydrogen (secondary N) is 2. The highest BCUT2D eigenvalue weighted by Crippen LogP contribution is 2.25. The van der Waals surface area contributed by atoms with E-state index in [9.17, 15) is 19.2 Å². The molecule has 1 unspecified atom stereocenters. The first-order valence-electron chi connectivity index (χ1n) is 18.2. The van der Waals surface area contributed by atoms with Crippen LogP contribution in [0.1, 0.15) is 133 Å². The zero-order valence-corrected chi connectivity index (χ0v) is 31.5. The molecule has 49 heavy (non-hydrogen) atoms. The van der Waals surface area contributed by atoms with Crippen molar-refractivity contribution in [3.63, 3.8) is 0 Å². The number of rotatable bonds is 9. The molecular weight excluding hydrogens is 630 g/mol. The number of nitrogens with zero attached hydrogens (tertiary/aromatic N) is 3. The second-order valence-electron chi connectivity index (χ2n) is 16.6. The van der Waals surface area contributed by atoms with Crippen molar-refractivity contribution in [1.29, 1.82) is 0 Å². The first kappa shape index (κ1) is 40.5. The third kappa shape index (κ3) is 15.2. The summed E-state index contributed by atoms with van der Waals surface area (Å²) in [6, 6.07) is -0.323. The highest BCUT2D eigenvalue weighted by Gasteiger charge is 2.36. The molecule has 2 aliphatic heterocycles. The third-order valence-corrected chi connectivity index (χ3v) is 8.54. The summed E-state index contributed by atoms with van der Waals surface area (Å²) in [5.74, 6) is -0.296. The Hall–Kier alpha value is -2.93. The van der Waals surface area contributed by atoms with Gasteiger partial charge in [-0.2, -0.15) is 0 Å². The maximum Gasteiger partial charge on any atom is 0.437 e. The Labute approximate surface area is 293 Å². The minimum Gasteiger partial charge on any atom is -0.460 e. The predicted molar refractivity (Wildman–Crippen MR) is 187 cm³/mol. The molecular formula is C36H63N5O8. The van der Waals surface area contributed by atoms with Gasteiger partial charge in [0.25, 0.3) is 0 Å². The Morgan fingerprint density at radius 1 is 0.755 bits per heavy atom. The van der Waals surface area contributed by atoms with Crippen LogP contribution in [0, 0.1) is 0 Å². The first-order chi connectivity index (χ1) is 22.8. The van der Waals surface area contributed by atoms with Crippen LogP contribution < -0.4 is 10.6 Å². The number of amides is 3. The molecule has 1 saturated carbocycles. The number of ether oxygens (including phenoxy) is 4. The standard InChI is InChI=1S/C36H63N5O8/c1-34(2,3)47-29(42)24-28(37-25-14-10-11-15-25)30(43)41-20-13-12-16-26(41)19-23-46-27-17-21-40(22-18-27)31(38-32(44)48-35(4,5)6)39-33(45)49-36(7,8)9/h25-28,37H,10-24H2,1-9H3,(H,38,39,44,45)/t26?,28-/m0/s1. The van der Waals surface area contributed by atoms with E-state index in [1.54, 1.807) is 41.5 Å². The average molecular weight is 694 g/mol. The summed E-state index contributed by atoms with van der Waals surface area (Å²) < 4.78 is 22.7. The van der Waals surface area contributed by atoms with Gasteiger partial charge < -0.3 is 34.1 Å². The molecule has 3 fully saturated rings. The quantitative estimate of drug-likeness (QED) is 0.134. The lowest BCUT2D eigenvalue weighted by Gasteiger charge is -2.39. The van der Waals surface area contributed by atoms with Gasteiger partial charge in [-0.05, 0) is 114 Å². The number of esters is 1. The zero-order chi connectivity index (χ0) is 36.4. The maximum atomic E-state index is 14.0. The summed E-state index contributed by atoms with van der Waals surface area (Å²) in [7, 11) is 0. The van der Waals surface area contributed by atoms with Crippen LogP contribution in [0.3, 0.4) is 0 Å². The Kier molecular flexibility index (Phi) is 14.7. The smallest absolute Gasteiger partial charge is 0.437 e. The SMILES string of the molecule is CC(C)(C)OC(=O)C[C@H](NC1CCCC1)C(=O)N1CCCCC1CCOC1CCN(/C(=N/C(=O)OC(C)(C)C)NC(=O)OC(C)(C)C)CC1.